The fraction of sp³-hybridized carbons (Fsp3) is 0.556. The number of nitrogens with one attached hydrogen (secondary N) is 1. The second-order valence-corrected chi connectivity index (χ2v) is 7.69. The normalized spacial score (nSPS) is 19.4. The van der Waals surface area contributed by atoms with E-state index >= 15 is 0 Å². The van der Waals surface area contributed by atoms with Crippen molar-refractivity contribution in [2.45, 2.75) is 51.0 Å². The monoisotopic (exact) mass is 329 g/mol. The molecular formula is C18H23N3OS. The van der Waals surface area contributed by atoms with Gasteiger partial charge in [0.2, 0.25) is 0 Å². The van der Waals surface area contributed by atoms with Crippen LogP contribution in [0.15, 0.2) is 18.2 Å². The minimum atomic E-state index is 0.0618. The Balaban J connectivity index is 1.53. The van der Waals surface area contributed by atoms with Gasteiger partial charge in [-0.2, -0.15) is 0 Å². The number of hydrogen-bond acceptors (Lipinski definition) is 4. The van der Waals surface area contributed by atoms with E-state index in [1.54, 1.807) is 11.3 Å². The van der Waals surface area contributed by atoms with Gasteiger partial charge in [-0.1, -0.05) is 24.2 Å². The molecular weight excluding hydrogens is 306 g/mol. The molecule has 1 aromatic carbocycles. The van der Waals surface area contributed by atoms with E-state index in [-0.39, 0.29) is 5.91 Å². The number of benzene rings is 1. The highest BCUT2D eigenvalue weighted by Gasteiger charge is 2.19. The zero-order valence-corrected chi connectivity index (χ0v) is 14.2. The highest BCUT2D eigenvalue weighted by atomic mass is 32.1. The Bertz CT molecular complexity index is 699. The van der Waals surface area contributed by atoms with E-state index in [0.717, 1.165) is 46.8 Å². The molecule has 0 radical (unpaired) electrons. The average Bonchev–Trinajstić information content (AvgIpc) is 3.24. The molecule has 0 unspecified atom stereocenters. The maximum Gasteiger partial charge on any atom is 0.251 e. The van der Waals surface area contributed by atoms with E-state index in [9.17, 15) is 4.79 Å². The molecule has 2 heterocycles. The topological polar surface area (TPSA) is 45.2 Å². The summed E-state index contributed by atoms with van der Waals surface area (Å²) in [7, 11) is 0. The highest BCUT2D eigenvalue weighted by molar-refractivity contribution is 7.22. The van der Waals surface area contributed by atoms with Crippen molar-refractivity contribution in [2.75, 3.05) is 18.0 Å². The third-order valence-corrected chi connectivity index (χ3v) is 6.04. The molecule has 1 aromatic heterocycles. The summed E-state index contributed by atoms with van der Waals surface area (Å²) in [4.78, 5) is 19.5. The summed E-state index contributed by atoms with van der Waals surface area (Å²) in [6.07, 6.45) is 8.54. The van der Waals surface area contributed by atoms with Crippen LogP contribution >= 0.6 is 11.3 Å². The minimum absolute atomic E-state index is 0.0618. The number of anilines is 1. The van der Waals surface area contributed by atoms with Crippen LogP contribution < -0.4 is 10.2 Å². The molecule has 1 N–H and O–H groups in total. The molecule has 4 nitrogen and oxygen atoms in total. The fourth-order valence-electron chi connectivity index (χ4n) is 3.61. The van der Waals surface area contributed by atoms with Gasteiger partial charge >= 0.3 is 0 Å². The van der Waals surface area contributed by atoms with Crippen LogP contribution in [0.4, 0.5) is 5.13 Å². The molecule has 1 aliphatic carbocycles. The quantitative estimate of drug-likeness (QED) is 0.927. The van der Waals surface area contributed by atoms with Crippen molar-refractivity contribution in [2.24, 2.45) is 0 Å². The van der Waals surface area contributed by atoms with Crippen molar-refractivity contribution >= 4 is 32.6 Å². The van der Waals surface area contributed by atoms with Gasteiger partial charge in [-0.25, -0.2) is 4.98 Å². The van der Waals surface area contributed by atoms with Gasteiger partial charge in [0.15, 0.2) is 5.13 Å². The van der Waals surface area contributed by atoms with Crippen molar-refractivity contribution in [3.63, 3.8) is 0 Å². The predicted molar refractivity (Wildman–Crippen MR) is 95.4 cm³/mol. The molecule has 1 saturated heterocycles. The van der Waals surface area contributed by atoms with Crippen molar-refractivity contribution in [3.05, 3.63) is 23.8 Å². The van der Waals surface area contributed by atoms with Gasteiger partial charge in [0.1, 0.15) is 0 Å². The summed E-state index contributed by atoms with van der Waals surface area (Å²) < 4.78 is 1.12. The first-order valence-corrected chi connectivity index (χ1v) is 9.58. The molecule has 5 heteroatoms. The van der Waals surface area contributed by atoms with Crippen LogP contribution in [0.1, 0.15) is 55.3 Å². The molecule has 2 aliphatic rings. The summed E-state index contributed by atoms with van der Waals surface area (Å²) in [5.41, 5.74) is 1.77. The second kappa shape index (κ2) is 6.48. The third-order valence-electron chi connectivity index (χ3n) is 4.96. The molecule has 0 bridgehead atoms. The zero-order valence-electron chi connectivity index (χ0n) is 13.4. The zero-order chi connectivity index (χ0) is 15.6. The first-order chi connectivity index (χ1) is 11.3. The van der Waals surface area contributed by atoms with Crippen LogP contribution in [0, 0.1) is 0 Å². The Morgan fingerprint density at radius 2 is 1.91 bits per heavy atom. The Hall–Kier alpha value is -1.62. The van der Waals surface area contributed by atoms with Crippen LogP contribution in [-0.4, -0.2) is 30.0 Å². The van der Waals surface area contributed by atoms with Crippen LogP contribution in [0.2, 0.25) is 0 Å². The third kappa shape index (κ3) is 3.20. The van der Waals surface area contributed by atoms with Gasteiger partial charge in [-0.15, -0.1) is 0 Å². The van der Waals surface area contributed by atoms with Crippen LogP contribution in [-0.2, 0) is 0 Å². The molecule has 2 fully saturated rings. The van der Waals surface area contributed by atoms with E-state index < -0.39 is 0 Å². The number of carbonyl (C=O) groups is 1. The minimum Gasteiger partial charge on any atom is -0.349 e. The van der Waals surface area contributed by atoms with Gasteiger partial charge in [-0.05, 0) is 50.3 Å². The Morgan fingerprint density at radius 3 is 2.70 bits per heavy atom. The van der Waals surface area contributed by atoms with E-state index in [0.29, 0.717) is 6.04 Å². The number of piperidine rings is 1. The highest BCUT2D eigenvalue weighted by Crippen LogP contribution is 2.31. The van der Waals surface area contributed by atoms with Crippen molar-refractivity contribution in [1.82, 2.24) is 10.3 Å². The number of thiazole rings is 1. The SMILES string of the molecule is O=C(NC1CCCC1)c1ccc2nc(N3CCCCC3)sc2c1. The molecule has 122 valence electrons. The lowest BCUT2D eigenvalue weighted by atomic mass is 10.1. The van der Waals surface area contributed by atoms with Crippen molar-refractivity contribution in [1.29, 1.82) is 0 Å². The van der Waals surface area contributed by atoms with E-state index in [2.05, 4.69) is 10.2 Å². The van der Waals surface area contributed by atoms with Crippen LogP contribution in [0.3, 0.4) is 0 Å². The maximum absolute atomic E-state index is 12.4. The lowest BCUT2D eigenvalue weighted by Crippen LogP contribution is -2.32. The number of rotatable bonds is 3. The molecule has 23 heavy (non-hydrogen) atoms. The standard InChI is InChI=1S/C18H23N3OS/c22-17(19-14-6-2-3-7-14)13-8-9-15-16(12-13)23-18(20-15)21-10-4-1-5-11-21/h8-9,12,14H,1-7,10-11H2,(H,19,22). The fourth-order valence-corrected chi connectivity index (χ4v) is 4.67. The molecule has 1 saturated carbocycles. The Morgan fingerprint density at radius 1 is 1.13 bits per heavy atom. The largest absolute Gasteiger partial charge is 0.349 e. The van der Waals surface area contributed by atoms with Crippen LogP contribution in [0.25, 0.3) is 10.2 Å². The summed E-state index contributed by atoms with van der Waals surface area (Å²) in [6, 6.07) is 6.27. The summed E-state index contributed by atoms with van der Waals surface area (Å²) >= 11 is 1.71. The van der Waals surface area contributed by atoms with Gasteiger partial charge < -0.3 is 10.2 Å². The van der Waals surface area contributed by atoms with Crippen molar-refractivity contribution in [3.8, 4) is 0 Å². The predicted octanol–water partition coefficient (Wildman–Crippen LogP) is 3.96. The molecule has 1 aliphatic heterocycles. The van der Waals surface area contributed by atoms with E-state index in [4.69, 9.17) is 4.98 Å². The smallest absolute Gasteiger partial charge is 0.251 e. The first kappa shape index (κ1) is 14.9. The van der Waals surface area contributed by atoms with Gasteiger partial charge in [0, 0.05) is 24.7 Å². The summed E-state index contributed by atoms with van der Waals surface area (Å²) in [6.45, 7) is 2.21. The second-order valence-electron chi connectivity index (χ2n) is 6.68. The lowest BCUT2D eigenvalue weighted by Gasteiger charge is -2.25. The Labute approximate surface area is 140 Å². The lowest BCUT2D eigenvalue weighted by molar-refractivity contribution is 0.0938. The molecule has 0 atom stereocenters. The number of carbonyl (C=O) groups excluding carboxylic acids is 1. The number of aromatic nitrogens is 1. The Kier molecular flexibility index (Phi) is 4.21. The van der Waals surface area contributed by atoms with Crippen LogP contribution in [0.5, 0.6) is 0 Å². The summed E-state index contributed by atoms with van der Waals surface area (Å²) in [5.74, 6) is 0.0618. The molecule has 0 spiro atoms. The van der Waals surface area contributed by atoms with Gasteiger partial charge in [0.05, 0.1) is 10.2 Å². The molecule has 4 rings (SSSR count). The van der Waals surface area contributed by atoms with Gasteiger partial charge in [0.25, 0.3) is 5.91 Å². The average molecular weight is 329 g/mol. The number of hydrogen-bond donors (Lipinski definition) is 1. The number of fused-ring (bicyclic) bond motifs is 1. The van der Waals surface area contributed by atoms with E-state index in [1.165, 1.54) is 32.1 Å². The van der Waals surface area contributed by atoms with Gasteiger partial charge in [-0.3, -0.25) is 4.79 Å². The van der Waals surface area contributed by atoms with E-state index in [1.807, 2.05) is 18.2 Å². The number of nitrogens with zero attached hydrogens (tertiary/aromatic N) is 2. The summed E-state index contributed by atoms with van der Waals surface area (Å²) in [5, 5.41) is 4.27. The number of amides is 1. The van der Waals surface area contributed by atoms with Crippen molar-refractivity contribution < 1.29 is 4.79 Å². The maximum atomic E-state index is 12.4. The first-order valence-electron chi connectivity index (χ1n) is 8.76. The molecule has 2 aromatic rings. The molecule has 1 amide bonds.